The summed E-state index contributed by atoms with van der Waals surface area (Å²) in [6, 6.07) is 30.2. The molecule has 0 unspecified atom stereocenters. The van der Waals surface area contributed by atoms with E-state index in [0.717, 1.165) is 75.8 Å². The number of esters is 2. The second-order valence-corrected chi connectivity index (χ2v) is 15.3. The molecule has 0 bridgehead atoms. The van der Waals surface area contributed by atoms with Crippen molar-refractivity contribution in [1.82, 2.24) is 0 Å². The normalized spacial score (nSPS) is 12.8. The summed E-state index contributed by atoms with van der Waals surface area (Å²) < 4.78 is 12.1. The fraction of sp³-hybridized carbons (Fsp3) is 0.227. The Morgan fingerprint density at radius 1 is 0.438 bits per heavy atom. The van der Waals surface area contributed by atoms with Gasteiger partial charge < -0.3 is 9.47 Å². The first-order chi connectivity index (χ1) is 22.7. The number of carbonyl (C=O) groups excluding carboxylic acids is 2. The molecule has 8 rings (SSSR count). The van der Waals surface area contributed by atoms with Gasteiger partial charge in [0.15, 0.2) is 0 Å². The highest BCUT2D eigenvalue weighted by molar-refractivity contribution is 6.31. The van der Waals surface area contributed by atoms with Crippen molar-refractivity contribution in [2.45, 2.75) is 66.2 Å². The standard InChI is InChI=1S/C44H38O4/c1-23(45)47-35-21-29-11-9-25-17-31(43(3,4)5)19-27-13-15-33(39(29)37(25)27)41(35)42-34-16-14-28-20-32(44(6,7)8)18-26-10-12-30(40(34)38(26)28)22-36(42)48-24(2)46/h9-22H,1-8H3. The van der Waals surface area contributed by atoms with Crippen molar-refractivity contribution in [2.24, 2.45) is 0 Å². The van der Waals surface area contributed by atoms with Crippen molar-refractivity contribution in [3.05, 3.63) is 96.1 Å². The van der Waals surface area contributed by atoms with Crippen LogP contribution in [0.5, 0.6) is 11.5 Å². The van der Waals surface area contributed by atoms with Crippen molar-refractivity contribution in [1.29, 1.82) is 0 Å². The van der Waals surface area contributed by atoms with E-state index in [2.05, 4.69) is 114 Å². The number of carbonyl (C=O) groups is 2. The van der Waals surface area contributed by atoms with Gasteiger partial charge in [0.2, 0.25) is 0 Å². The first-order valence-electron chi connectivity index (χ1n) is 16.6. The average Bonchev–Trinajstić information content (AvgIpc) is 3.00. The van der Waals surface area contributed by atoms with Gasteiger partial charge in [0, 0.05) is 25.0 Å². The highest BCUT2D eigenvalue weighted by Crippen LogP contribution is 2.52. The quantitative estimate of drug-likeness (QED) is 0.111. The smallest absolute Gasteiger partial charge is 0.308 e. The van der Waals surface area contributed by atoms with Crippen LogP contribution in [0.4, 0.5) is 0 Å². The monoisotopic (exact) mass is 630 g/mol. The van der Waals surface area contributed by atoms with Gasteiger partial charge in [-0.1, -0.05) is 114 Å². The van der Waals surface area contributed by atoms with E-state index in [1.807, 2.05) is 12.1 Å². The molecule has 0 N–H and O–H groups in total. The van der Waals surface area contributed by atoms with Crippen LogP contribution >= 0.6 is 0 Å². The zero-order chi connectivity index (χ0) is 33.9. The van der Waals surface area contributed by atoms with E-state index in [0.29, 0.717) is 11.5 Å². The van der Waals surface area contributed by atoms with Gasteiger partial charge in [-0.25, -0.2) is 0 Å². The fourth-order valence-electron chi connectivity index (χ4n) is 7.59. The van der Waals surface area contributed by atoms with Crippen LogP contribution in [0.15, 0.2) is 84.9 Å². The third-order valence-corrected chi connectivity index (χ3v) is 9.85. The molecule has 0 aliphatic heterocycles. The number of benzene rings is 8. The molecular formula is C44H38O4. The van der Waals surface area contributed by atoms with Gasteiger partial charge in [-0.15, -0.1) is 0 Å². The van der Waals surface area contributed by atoms with Gasteiger partial charge >= 0.3 is 11.9 Å². The number of hydrogen-bond donors (Lipinski definition) is 0. The Kier molecular flexibility index (Phi) is 6.37. The second-order valence-electron chi connectivity index (χ2n) is 15.3. The average molecular weight is 631 g/mol. The highest BCUT2D eigenvalue weighted by atomic mass is 16.5. The Hall–Kier alpha value is -5.22. The molecule has 8 aromatic rings. The molecule has 0 amide bonds. The van der Waals surface area contributed by atoms with E-state index in [1.165, 1.54) is 25.0 Å². The van der Waals surface area contributed by atoms with Crippen LogP contribution < -0.4 is 9.47 Å². The molecule has 0 aliphatic rings. The largest absolute Gasteiger partial charge is 0.426 e. The summed E-state index contributed by atoms with van der Waals surface area (Å²) in [6.45, 7) is 16.2. The molecule has 8 aromatic carbocycles. The first kappa shape index (κ1) is 30.1. The molecule has 0 saturated heterocycles. The van der Waals surface area contributed by atoms with E-state index < -0.39 is 11.9 Å². The van der Waals surface area contributed by atoms with Crippen molar-refractivity contribution in [3.63, 3.8) is 0 Å². The van der Waals surface area contributed by atoms with Crippen LogP contribution in [-0.2, 0) is 20.4 Å². The summed E-state index contributed by atoms with van der Waals surface area (Å²) in [6.07, 6.45) is 0. The third-order valence-electron chi connectivity index (χ3n) is 9.85. The van der Waals surface area contributed by atoms with Crippen molar-refractivity contribution < 1.29 is 19.1 Å². The summed E-state index contributed by atoms with van der Waals surface area (Å²) in [5.41, 5.74) is 3.99. The summed E-state index contributed by atoms with van der Waals surface area (Å²) in [4.78, 5) is 25.4. The lowest BCUT2D eigenvalue weighted by molar-refractivity contribution is -0.132. The molecule has 0 atom stereocenters. The Bertz CT molecular complexity index is 2410. The predicted molar refractivity (Wildman–Crippen MR) is 199 cm³/mol. The minimum Gasteiger partial charge on any atom is -0.426 e. The molecule has 4 heteroatoms. The van der Waals surface area contributed by atoms with E-state index in [-0.39, 0.29) is 10.8 Å². The summed E-state index contributed by atoms with van der Waals surface area (Å²) in [7, 11) is 0. The molecule has 238 valence electrons. The molecule has 0 spiro atoms. The van der Waals surface area contributed by atoms with Gasteiger partial charge in [-0.05, 0) is 98.7 Å². The molecular weight excluding hydrogens is 592 g/mol. The lowest BCUT2D eigenvalue weighted by atomic mass is 9.81. The van der Waals surface area contributed by atoms with E-state index in [4.69, 9.17) is 9.47 Å². The topological polar surface area (TPSA) is 52.6 Å². The lowest BCUT2D eigenvalue weighted by Crippen LogP contribution is -2.11. The van der Waals surface area contributed by atoms with E-state index >= 15 is 0 Å². The zero-order valence-electron chi connectivity index (χ0n) is 28.7. The molecule has 4 nitrogen and oxygen atoms in total. The minimum atomic E-state index is -0.416. The van der Waals surface area contributed by atoms with E-state index in [9.17, 15) is 9.59 Å². The van der Waals surface area contributed by atoms with Gasteiger partial charge in [-0.2, -0.15) is 0 Å². The Labute approximate surface area is 279 Å². The van der Waals surface area contributed by atoms with Gasteiger partial charge in [-0.3, -0.25) is 9.59 Å². The Balaban J connectivity index is 1.55. The third kappa shape index (κ3) is 4.57. The van der Waals surface area contributed by atoms with Gasteiger partial charge in [0.25, 0.3) is 0 Å². The maximum Gasteiger partial charge on any atom is 0.308 e. The number of rotatable bonds is 3. The molecule has 0 saturated carbocycles. The molecule has 0 heterocycles. The van der Waals surface area contributed by atoms with Crippen molar-refractivity contribution in [2.75, 3.05) is 0 Å². The molecule has 48 heavy (non-hydrogen) atoms. The Morgan fingerprint density at radius 3 is 1.02 bits per heavy atom. The van der Waals surface area contributed by atoms with E-state index in [1.54, 1.807) is 0 Å². The lowest BCUT2D eigenvalue weighted by Gasteiger charge is -2.24. The molecule has 0 aliphatic carbocycles. The minimum absolute atomic E-state index is 0.00754. The van der Waals surface area contributed by atoms with Crippen LogP contribution in [0.25, 0.3) is 75.8 Å². The van der Waals surface area contributed by atoms with Gasteiger partial charge in [0.1, 0.15) is 11.5 Å². The first-order valence-corrected chi connectivity index (χ1v) is 16.6. The fourth-order valence-corrected chi connectivity index (χ4v) is 7.59. The van der Waals surface area contributed by atoms with Crippen LogP contribution in [0, 0.1) is 0 Å². The highest BCUT2D eigenvalue weighted by Gasteiger charge is 2.26. The zero-order valence-corrected chi connectivity index (χ0v) is 28.7. The maximum atomic E-state index is 12.7. The second kappa shape index (κ2) is 10.1. The summed E-state index contributed by atoms with van der Waals surface area (Å²) in [5, 5.41) is 13.0. The molecule has 0 radical (unpaired) electrons. The summed E-state index contributed by atoms with van der Waals surface area (Å²) in [5.74, 6) is 0.0325. The summed E-state index contributed by atoms with van der Waals surface area (Å²) >= 11 is 0. The number of ether oxygens (including phenoxy) is 2. The van der Waals surface area contributed by atoms with Crippen molar-refractivity contribution in [3.8, 4) is 22.6 Å². The Morgan fingerprint density at radius 2 is 0.729 bits per heavy atom. The SMILES string of the molecule is CC(=O)Oc1cc2ccc3cc(C(C)(C)C)cc4ccc(c1-c1c(OC(C)=O)cc5ccc6cc(C(C)(C)C)cc7ccc1c5c67)c2c34. The molecule has 0 fully saturated rings. The maximum absolute atomic E-state index is 12.7. The predicted octanol–water partition coefficient (Wildman–Crippen LogP) is 11.6. The number of hydrogen-bond acceptors (Lipinski definition) is 4. The van der Waals surface area contributed by atoms with Gasteiger partial charge in [0.05, 0.1) is 0 Å². The van der Waals surface area contributed by atoms with Crippen LogP contribution in [0.1, 0.15) is 66.5 Å². The molecule has 0 aromatic heterocycles. The van der Waals surface area contributed by atoms with Crippen LogP contribution in [-0.4, -0.2) is 11.9 Å². The van der Waals surface area contributed by atoms with Crippen molar-refractivity contribution >= 4 is 76.6 Å². The van der Waals surface area contributed by atoms with Crippen LogP contribution in [0.2, 0.25) is 0 Å². The van der Waals surface area contributed by atoms with Crippen LogP contribution in [0.3, 0.4) is 0 Å².